The monoisotopic (exact) mass is 295 g/mol. The van der Waals surface area contributed by atoms with Gasteiger partial charge < -0.3 is 9.84 Å². The van der Waals surface area contributed by atoms with E-state index < -0.39 is 11.4 Å². The summed E-state index contributed by atoms with van der Waals surface area (Å²) in [5.74, 6) is 0.137. The van der Waals surface area contributed by atoms with Gasteiger partial charge in [-0.05, 0) is 39.3 Å². The first-order chi connectivity index (χ1) is 9.93. The zero-order valence-corrected chi connectivity index (χ0v) is 13.3. The number of aliphatic carboxylic acids is 1. The maximum absolute atomic E-state index is 11.5. The van der Waals surface area contributed by atoms with Gasteiger partial charge in [0.1, 0.15) is 0 Å². The predicted octanol–water partition coefficient (Wildman–Crippen LogP) is 1.81. The van der Waals surface area contributed by atoms with E-state index in [1.165, 1.54) is 0 Å². The fourth-order valence-electron chi connectivity index (χ4n) is 3.20. The number of methoxy groups -OCH3 is 1. The van der Waals surface area contributed by atoms with Crippen LogP contribution in [0.15, 0.2) is 0 Å². The highest BCUT2D eigenvalue weighted by atomic mass is 16.5. The van der Waals surface area contributed by atoms with E-state index >= 15 is 0 Å². The fraction of sp³-hybridized carbons (Fsp3) is 0.733. The summed E-state index contributed by atoms with van der Waals surface area (Å²) >= 11 is 0. The number of hydrogen-bond donors (Lipinski definition) is 1. The highest BCUT2D eigenvalue weighted by Crippen LogP contribution is 2.36. The number of carboxylic acids is 1. The first kappa shape index (κ1) is 15.8. The Hall–Kier alpha value is -1.56. The molecule has 0 unspecified atom stereocenters. The van der Waals surface area contributed by atoms with Crippen LogP contribution in [0.2, 0.25) is 0 Å². The summed E-state index contributed by atoms with van der Waals surface area (Å²) in [6.45, 7) is 6.32. The first-order valence-electron chi connectivity index (χ1n) is 7.45. The van der Waals surface area contributed by atoms with Crippen molar-refractivity contribution in [3.63, 3.8) is 0 Å². The van der Waals surface area contributed by atoms with Crippen molar-refractivity contribution in [2.75, 3.05) is 20.2 Å². The Labute approximate surface area is 125 Å². The number of piperidine rings is 1. The molecule has 0 spiro atoms. The van der Waals surface area contributed by atoms with Crippen LogP contribution in [-0.2, 0) is 18.4 Å². The lowest BCUT2D eigenvalue weighted by Gasteiger charge is -2.38. The van der Waals surface area contributed by atoms with Crippen molar-refractivity contribution in [2.24, 2.45) is 12.5 Å². The van der Waals surface area contributed by atoms with Crippen LogP contribution in [-0.4, -0.2) is 46.0 Å². The number of rotatable bonds is 5. The number of carbonyl (C=O) groups is 1. The minimum absolute atomic E-state index is 0.537. The van der Waals surface area contributed by atoms with Crippen molar-refractivity contribution in [3.8, 4) is 5.88 Å². The quantitative estimate of drug-likeness (QED) is 0.897. The van der Waals surface area contributed by atoms with E-state index in [-0.39, 0.29) is 0 Å². The third-order valence-corrected chi connectivity index (χ3v) is 4.81. The Morgan fingerprint density at radius 3 is 2.52 bits per heavy atom. The van der Waals surface area contributed by atoms with E-state index in [0.29, 0.717) is 19.3 Å². The van der Waals surface area contributed by atoms with Gasteiger partial charge in [-0.15, -0.1) is 0 Å². The van der Waals surface area contributed by atoms with Crippen LogP contribution in [0.4, 0.5) is 0 Å². The largest absolute Gasteiger partial charge is 0.481 e. The first-order valence-corrected chi connectivity index (χ1v) is 7.45. The Bertz CT molecular complexity index is 516. The van der Waals surface area contributed by atoms with Crippen LogP contribution >= 0.6 is 0 Å². The lowest BCUT2D eigenvalue weighted by molar-refractivity contribution is -0.152. The molecule has 0 saturated carbocycles. The summed E-state index contributed by atoms with van der Waals surface area (Å²) < 4.78 is 7.17. The molecule has 1 N–H and O–H groups in total. The lowest BCUT2D eigenvalue weighted by atomic mass is 9.76. The second-order valence-corrected chi connectivity index (χ2v) is 5.91. The van der Waals surface area contributed by atoms with E-state index in [2.05, 4.69) is 10.00 Å². The predicted molar refractivity (Wildman–Crippen MR) is 79.4 cm³/mol. The number of aromatic nitrogens is 2. The normalized spacial score (nSPS) is 18.7. The molecule has 0 atom stereocenters. The van der Waals surface area contributed by atoms with Crippen molar-refractivity contribution in [1.82, 2.24) is 14.7 Å². The second kappa shape index (κ2) is 6.05. The summed E-state index contributed by atoms with van der Waals surface area (Å²) in [4.78, 5) is 13.8. The molecule has 118 valence electrons. The summed E-state index contributed by atoms with van der Waals surface area (Å²) in [6, 6.07) is 0. The van der Waals surface area contributed by atoms with E-state index in [0.717, 1.165) is 36.8 Å². The van der Waals surface area contributed by atoms with E-state index in [1.54, 1.807) is 11.8 Å². The molecule has 1 fully saturated rings. The Kier molecular flexibility index (Phi) is 4.56. The highest BCUT2D eigenvalue weighted by molar-refractivity contribution is 5.74. The average molecular weight is 295 g/mol. The molecule has 1 aliphatic heterocycles. The van der Waals surface area contributed by atoms with Crippen LogP contribution in [0.5, 0.6) is 5.88 Å². The van der Waals surface area contributed by atoms with Gasteiger partial charge in [-0.2, -0.15) is 5.10 Å². The molecule has 1 saturated heterocycles. The maximum Gasteiger partial charge on any atom is 0.309 e. The van der Waals surface area contributed by atoms with Gasteiger partial charge in [0, 0.05) is 13.6 Å². The molecule has 1 aliphatic rings. The molecule has 0 bridgehead atoms. The minimum Gasteiger partial charge on any atom is -0.481 e. The molecule has 1 aromatic rings. The third-order valence-electron chi connectivity index (χ3n) is 4.81. The van der Waals surface area contributed by atoms with Gasteiger partial charge in [0.2, 0.25) is 5.88 Å². The maximum atomic E-state index is 11.5. The Morgan fingerprint density at radius 1 is 1.43 bits per heavy atom. The number of aryl methyl sites for hydroxylation is 2. The van der Waals surface area contributed by atoms with Crippen molar-refractivity contribution in [1.29, 1.82) is 0 Å². The smallest absolute Gasteiger partial charge is 0.309 e. The molecule has 0 radical (unpaired) electrons. The van der Waals surface area contributed by atoms with Gasteiger partial charge in [-0.3, -0.25) is 9.69 Å². The molecule has 0 amide bonds. The van der Waals surface area contributed by atoms with Crippen molar-refractivity contribution in [3.05, 3.63) is 11.3 Å². The van der Waals surface area contributed by atoms with Crippen molar-refractivity contribution in [2.45, 2.75) is 39.7 Å². The van der Waals surface area contributed by atoms with Crippen LogP contribution in [0.3, 0.4) is 0 Å². The molecule has 2 heterocycles. The molecule has 21 heavy (non-hydrogen) atoms. The highest BCUT2D eigenvalue weighted by Gasteiger charge is 2.40. The molecular weight excluding hydrogens is 270 g/mol. The number of hydrogen-bond acceptors (Lipinski definition) is 4. The van der Waals surface area contributed by atoms with Gasteiger partial charge in [-0.1, -0.05) is 6.92 Å². The van der Waals surface area contributed by atoms with Crippen molar-refractivity contribution < 1.29 is 14.6 Å². The van der Waals surface area contributed by atoms with Gasteiger partial charge in [0.25, 0.3) is 0 Å². The van der Waals surface area contributed by atoms with Gasteiger partial charge in [0.15, 0.2) is 0 Å². The summed E-state index contributed by atoms with van der Waals surface area (Å²) in [7, 11) is 3.53. The summed E-state index contributed by atoms with van der Waals surface area (Å²) in [5, 5.41) is 13.8. The molecule has 0 aliphatic carbocycles. The van der Waals surface area contributed by atoms with Gasteiger partial charge in [-0.25, -0.2) is 4.68 Å². The number of nitrogens with zero attached hydrogens (tertiary/aromatic N) is 3. The average Bonchev–Trinajstić information content (AvgIpc) is 2.73. The van der Waals surface area contributed by atoms with E-state index in [1.807, 2.05) is 20.9 Å². The zero-order chi connectivity index (χ0) is 15.6. The standard InChI is InChI=1S/C15H25N3O3/c1-5-15(14(19)20)6-8-18(9-7-15)10-12-11(2)16-17(3)13(12)21-4/h5-10H2,1-4H3,(H,19,20). The molecule has 0 aromatic carbocycles. The fourth-order valence-corrected chi connectivity index (χ4v) is 3.20. The van der Waals surface area contributed by atoms with Crippen LogP contribution in [0.25, 0.3) is 0 Å². The van der Waals surface area contributed by atoms with Crippen LogP contribution in [0, 0.1) is 12.3 Å². The van der Waals surface area contributed by atoms with Crippen LogP contribution < -0.4 is 4.74 Å². The number of ether oxygens (including phenoxy) is 1. The SMILES string of the molecule is CCC1(C(=O)O)CCN(Cc2c(C)nn(C)c2OC)CC1. The van der Waals surface area contributed by atoms with E-state index in [4.69, 9.17) is 4.74 Å². The van der Waals surface area contributed by atoms with Gasteiger partial charge in [0.05, 0.1) is 23.8 Å². The second-order valence-electron chi connectivity index (χ2n) is 5.91. The third kappa shape index (κ3) is 2.90. The Balaban J connectivity index is 2.06. The summed E-state index contributed by atoms with van der Waals surface area (Å²) in [5.41, 5.74) is 1.53. The molecule has 6 heteroatoms. The molecule has 1 aromatic heterocycles. The molecule has 6 nitrogen and oxygen atoms in total. The minimum atomic E-state index is -0.653. The van der Waals surface area contributed by atoms with Crippen molar-refractivity contribution >= 4 is 5.97 Å². The molecular formula is C15H25N3O3. The zero-order valence-electron chi connectivity index (χ0n) is 13.3. The molecule has 2 rings (SSSR count). The van der Waals surface area contributed by atoms with Gasteiger partial charge >= 0.3 is 5.97 Å². The van der Waals surface area contributed by atoms with E-state index in [9.17, 15) is 9.90 Å². The summed E-state index contributed by atoms with van der Waals surface area (Å²) in [6.07, 6.45) is 2.12. The topological polar surface area (TPSA) is 67.6 Å². The number of carboxylic acid groups (broad SMARTS) is 1. The lowest BCUT2D eigenvalue weighted by Crippen LogP contribution is -2.43. The number of likely N-dealkylation sites (tertiary alicyclic amines) is 1. The van der Waals surface area contributed by atoms with Crippen LogP contribution in [0.1, 0.15) is 37.4 Å². The Morgan fingerprint density at radius 2 is 2.05 bits per heavy atom.